The van der Waals surface area contributed by atoms with Crippen molar-refractivity contribution in [2.75, 3.05) is 31.1 Å². The summed E-state index contributed by atoms with van der Waals surface area (Å²) in [7, 11) is 0. The van der Waals surface area contributed by atoms with E-state index in [1.165, 1.54) is 12.3 Å². The van der Waals surface area contributed by atoms with Gasteiger partial charge in [-0.1, -0.05) is 20.8 Å². The predicted molar refractivity (Wildman–Crippen MR) is 82.5 cm³/mol. The number of pyridine rings is 1. The van der Waals surface area contributed by atoms with E-state index in [-0.39, 0.29) is 17.0 Å². The molecule has 7 heteroatoms. The van der Waals surface area contributed by atoms with E-state index in [9.17, 15) is 14.9 Å². The molecule has 1 amide bonds. The molecule has 1 aliphatic rings. The number of nitrogens with one attached hydrogen (secondary N) is 1. The first-order valence-electron chi connectivity index (χ1n) is 7.49. The molecular formula is C15H23N4O3+. The first kappa shape index (κ1) is 16.2. The van der Waals surface area contributed by atoms with Crippen molar-refractivity contribution in [3.63, 3.8) is 0 Å². The smallest absolute Gasteiger partial charge is 0.308 e. The molecule has 1 fully saturated rings. The van der Waals surface area contributed by atoms with E-state index < -0.39 is 4.92 Å². The van der Waals surface area contributed by atoms with Crippen molar-refractivity contribution in [2.45, 2.75) is 27.2 Å². The monoisotopic (exact) mass is 307 g/mol. The van der Waals surface area contributed by atoms with Gasteiger partial charge >= 0.3 is 5.69 Å². The van der Waals surface area contributed by atoms with Crippen molar-refractivity contribution in [3.8, 4) is 0 Å². The normalized spacial score (nSPS) is 16.3. The topological polar surface area (TPSA) is 80.8 Å². The Morgan fingerprint density at radius 2 is 1.95 bits per heavy atom. The number of hydrogen-bond donors (Lipinski definition) is 0. The molecule has 0 radical (unpaired) electrons. The van der Waals surface area contributed by atoms with Gasteiger partial charge in [0.05, 0.1) is 18.0 Å². The van der Waals surface area contributed by atoms with Gasteiger partial charge in [-0.05, 0) is 0 Å². The summed E-state index contributed by atoms with van der Waals surface area (Å²) in [6, 6.07) is 3.22. The van der Waals surface area contributed by atoms with Gasteiger partial charge in [0.1, 0.15) is 6.54 Å². The summed E-state index contributed by atoms with van der Waals surface area (Å²) in [5.41, 5.74) is -0.322. The molecule has 7 nitrogen and oxygen atoms in total. The zero-order valence-electron chi connectivity index (χ0n) is 13.3. The summed E-state index contributed by atoms with van der Waals surface area (Å²) in [4.78, 5) is 29.6. The van der Waals surface area contributed by atoms with Crippen LogP contribution in [0.5, 0.6) is 0 Å². The molecule has 0 unspecified atom stereocenters. The lowest BCUT2D eigenvalue weighted by Crippen LogP contribution is -2.42. The Morgan fingerprint density at radius 1 is 1.23 bits per heavy atom. The standard InChI is InChI=1S/C15H22N4O3/c1-15(2,3)14(20)18-8-4-7-17(9-10-18)13-6-5-12(11-16-13)19(21)22/h5-6,11H,4,7-10H2,1-3H3/p+1. The fourth-order valence-electron chi connectivity index (χ4n) is 2.55. The predicted octanol–water partition coefficient (Wildman–Crippen LogP) is 1.49. The third-order valence-corrected chi connectivity index (χ3v) is 3.76. The van der Waals surface area contributed by atoms with Crippen molar-refractivity contribution >= 4 is 17.4 Å². The molecule has 0 aliphatic carbocycles. The highest BCUT2D eigenvalue weighted by Crippen LogP contribution is 2.20. The van der Waals surface area contributed by atoms with E-state index in [2.05, 4.69) is 9.88 Å². The Balaban J connectivity index is 2.04. The Bertz CT molecular complexity index is 551. The van der Waals surface area contributed by atoms with Gasteiger partial charge in [0.25, 0.3) is 5.82 Å². The van der Waals surface area contributed by atoms with Gasteiger partial charge in [-0.25, -0.2) is 4.98 Å². The fourth-order valence-corrected chi connectivity index (χ4v) is 2.55. The number of rotatable bonds is 2. The van der Waals surface area contributed by atoms with Crippen LogP contribution in [0.15, 0.2) is 18.3 Å². The number of anilines is 1. The molecule has 1 aliphatic heterocycles. The van der Waals surface area contributed by atoms with E-state index in [0.29, 0.717) is 6.54 Å². The Hall–Kier alpha value is -2.18. The molecule has 0 saturated carbocycles. The second kappa shape index (κ2) is 6.29. The van der Waals surface area contributed by atoms with Gasteiger partial charge in [0, 0.05) is 30.5 Å². The van der Waals surface area contributed by atoms with E-state index >= 15 is 0 Å². The fraction of sp³-hybridized carbons (Fsp3) is 0.600. The highest BCUT2D eigenvalue weighted by molar-refractivity contribution is 5.81. The largest absolute Gasteiger partial charge is 0.338 e. The number of nitrogens with zero attached hydrogens (tertiary/aromatic N) is 3. The average molecular weight is 307 g/mol. The Kier molecular flexibility index (Phi) is 4.63. The first-order chi connectivity index (χ1) is 10.3. The van der Waals surface area contributed by atoms with Crippen LogP contribution in [0.4, 0.5) is 11.5 Å². The van der Waals surface area contributed by atoms with Crippen molar-refractivity contribution in [3.05, 3.63) is 28.4 Å². The summed E-state index contributed by atoms with van der Waals surface area (Å²) >= 11 is 0. The van der Waals surface area contributed by atoms with Crippen LogP contribution >= 0.6 is 0 Å². The van der Waals surface area contributed by atoms with Gasteiger partial charge < -0.3 is 4.90 Å². The quantitative estimate of drug-likeness (QED) is 0.612. The summed E-state index contributed by atoms with van der Waals surface area (Å²) < 4.78 is 0. The lowest BCUT2D eigenvalue weighted by molar-refractivity contribution is -0.414. The molecule has 2 heterocycles. The number of aromatic nitrogens is 1. The van der Waals surface area contributed by atoms with Crippen LogP contribution in [0.2, 0.25) is 0 Å². The maximum Gasteiger partial charge on any atom is 0.308 e. The maximum atomic E-state index is 12.4. The molecule has 0 spiro atoms. The van der Waals surface area contributed by atoms with Crippen molar-refractivity contribution < 1.29 is 14.7 Å². The van der Waals surface area contributed by atoms with Crippen LogP contribution in [0, 0.1) is 15.5 Å². The van der Waals surface area contributed by atoms with Gasteiger partial charge in [-0.2, -0.15) is 0 Å². The number of H-pyrrole nitrogens is 1. The van der Waals surface area contributed by atoms with Crippen LogP contribution in [-0.4, -0.2) is 41.9 Å². The molecule has 1 N–H and O–H groups in total. The highest BCUT2D eigenvalue weighted by atomic mass is 16.6. The summed E-state index contributed by atoms with van der Waals surface area (Å²) in [6.07, 6.45) is 2.28. The second-order valence-electron chi connectivity index (χ2n) is 6.57. The van der Waals surface area contributed by atoms with Crippen LogP contribution in [0.1, 0.15) is 27.2 Å². The maximum absolute atomic E-state index is 12.4. The van der Waals surface area contributed by atoms with Crippen molar-refractivity contribution in [2.24, 2.45) is 5.41 Å². The molecule has 0 atom stereocenters. The highest BCUT2D eigenvalue weighted by Gasteiger charge is 2.30. The van der Waals surface area contributed by atoms with Crippen molar-refractivity contribution in [1.29, 1.82) is 0 Å². The number of amides is 1. The van der Waals surface area contributed by atoms with Crippen LogP contribution < -0.4 is 9.88 Å². The molecule has 0 aromatic carbocycles. The number of carbonyl (C=O) groups is 1. The van der Waals surface area contributed by atoms with Crippen molar-refractivity contribution in [1.82, 2.24) is 4.90 Å². The van der Waals surface area contributed by atoms with Crippen LogP contribution in [-0.2, 0) is 4.79 Å². The lowest BCUT2D eigenvalue weighted by atomic mass is 9.94. The number of nitro groups is 1. The second-order valence-corrected chi connectivity index (χ2v) is 6.57. The van der Waals surface area contributed by atoms with Crippen LogP contribution in [0.3, 0.4) is 0 Å². The first-order valence-corrected chi connectivity index (χ1v) is 7.49. The zero-order valence-corrected chi connectivity index (χ0v) is 13.3. The van der Waals surface area contributed by atoms with Gasteiger partial charge in [0.2, 0.25) is 5.91 Å². The average Bonchev–Trinajstić information content (AvgIpc) is 2.71. The third-order valence-electron chi connectivity index (χ3n) is 3.76. The number of aromatic amines is 1. The van der Waals surface area contributed by atoms with E-state index in [0.717, 1.165) is 31.9 Å². The molecule has 1 saturated heterocycles. The molecule has 0 bridgehead atoms. The zero-order chi connectivity index (χ0) is 16.3. The summed E-state index contributed by atoms with van der Waals surface area (Å²) in [5.74, 6) is 1.01. The summed E-state index contributed by atoms with van der Waals surface area (Å²) in [6.45, 7) is 8.76. The minimum atomic E-state index is -0.424. The van der Waals surface area contributed by atoms with E-state index in [4.69, 9.17) is 0 Å². The van der Waals surface area contributed by atoms with E-state index in [1.807, 2.05) is 25.7 Å². The minimum absolute atomic E-state index is 0.0445. The van der Waals surface area contributed by atoms with Gasteiger partial charge in [0.15, 0.2) is 6.20 Å². The lowest BCUT2D eigenvalue weighted by Gasteiger charge is -2.27. The minimum Gasteiger partial charge on any atom is -0.338 e. The number of carbonyl (C=O) groups excluding carboxylic acids is 1. The molecule has 1 aromatic heterocycles. The molecule has 22 heavy (non-hydrogen) atoms. The molecule has 2 rings (SSSR count). The molecule has 1 aromatic rings. The number of hydrogen-bond acceptors (Lipinski definition) is 4. The van der Waals surface area contributed by atoms with Gasteiger partial charge in [-0.3, -0.25) is 19.8 Å². The van der Waals surface area contributed by atoms with Gasteiger partial charge in [-0.15, -0.1) is 0 Å². The molecular weight excluding hydrogens is 284 g/mol. The third kappa shape index (κ3) is 3.72. The molecule has 120 valence electrons. The van der Waals surface area contributed by atoms with Crippen LogP contribution in [0.25, 0.3) is 0 Å². The SMILES string of the molecule is CC(C)(C)C(=O)N1CCCN(c2ccc([N+](=O)[O-])c[nH+]2)CC1. The summed E-state index contributed by atoms with van der Waals surface area (Å²) in [5, 5.41) is 10.7. The Morgan fingerprint density at radius 3 is 2.50 bits per heavy atom. The van der Waals surface area contributed by atoms with E-state index in [1.54, 1.807) is 6.07 Å². The Labute approximate surface area is 130 Å².